The SMILES string of the molecule is O=C(NCCNCC1CC1)C1CC1. The van der Waals surface area contributed by atoms with Crippen molar-refractivity contribution in [2.24, 2.45) is 11.8 Å². The molecule has 0 spiro atoms. The zero-order valence-electron chi connectivity index (χ0n) is 8.01. The van der Waals surface area contributed by atoms with Crippen LogP contribution in [0.1, 0.15) is 25.7 Å². The average Bonchev–Trinajstić information content (AvgIpc) is 2.98. The predicted octanol–water partition coefficient (Wildman–Crippen LogP) is 0.512. The fraction of sp³-hybridized carbons (Fsp3) is 0.900. The van der Waals surface area contributed by atoms with Crippen LogP contribution in [0.5, 0.6) is 0 Å². The number of nitrogens with one attached hydrogen (secondary N) is 2. The quantitative estimate of drug-likeness (QED) is 0.588. The molecule has 0 aromatic rings. The van der Waals surface area contributed by atoms with Gasteiger partial charge in [-0.1, -0.05) is 0 Å². The van der Waals surface area contributed by atoms with E-state index in [1.807, 2.05) is 0 Å². The van der Waals surface area contributed by atoms with Gasteiger partial charge in [-0.3, -0.25) is 4.79 Å². The van der Waals surface area contributed by atoms with Gasteiger partial charge in [-0.15, -0.1) is 0 Å². The van der Waals surface area contributed by atoms with E-state index in [9.17, 15) is 4.79 Å². The van der Waals surface area contributed by atoms with E-state index in [1.54, 1.807) is 0 Å². The number of hydrogen-bond donors (Lipinski definition) is 2. The van der Waals surface area contributed by atoms with Crippen LogP contribution in [0.2, 0.25) is 0 Å². The minimum atomic E-state index is 0.258. The summed E-state index contributed by atoms with van der Waals surface area (Å²) in [5, 5.41) is 6.28. The minimum absolute atomic E-state index is 0.258. The highest BCUT2D eigenvalue weighted by Crippen LogP contribution is 2.28. The summed E-state index contributed by atoms with van der Waals surface area (Å²) in [7, 11) is 0. The Morgan fingerprint density at radius 3 is 2.54 bits per heavy atom. The van der Waals surface area contributed by atoms with Crippen LogP contribution in [0, 0.1) is 11.8 Å². The lowest BCUT2D eigenvalue weighted by Crippen LogP contribution is -2.33. The molecule has 2 N–H and O–H groups in total. The Morgan fingerprint density at radius 2 is 1.92 bits per heavy atom. The third kappa shape index (κ3) is 3.35. The molecule has 0 heterocycles. The first-order valence-corrected chi connectivity index (χ1v) is 5.34. The second kappa shape index (κ2) is 4.09. The Morgan fingerprint density at radius 1 is 1.15 bits per heavy atom. The maximum absolute atomic E-state index is 11.2. The van der Waals surface area contributed by atoms with E-state index >= 15 is 0 Å². The molecule has 0 radical (unpaired) electrons. The minimum Gasteiger partial charge on any atom is -0.355 e. The van der Waals surface area contributed by atoms with Crippen LogP contribution >= 0.6 is 0 Å². The third-order valence-electron chi connectivity index (χ3n) is 2.68. The fourth-order valence-electron chi connectivity index (χ4n) is 1.39. The van der Waals surface area contributed by atoms with Crippen molar-refractivity contribution in [3.05, 3.63) is 0 Å². The van der Waals surface area contributed by atoms with Gasteiger partial charge in [0.1, 0.15) is 0 Å². The average molecular weight is 182 g/mol. The van der Waals surface area contributed by atoms with Gasteiger partial charge >= 0.3 is 0 Å². The summed E-state index contributed by atoms with van der Waals surface area (Å²) in [5.41, 5.74) is 0. The van der Waals surface area contributed by atoms with Crippen LogP contribution < -0.4 is 10.6 Å². The number of carbonyl (C=O) groups is 1. The summed E-state index contributed by atoms with van der Waals surface area (Å²) in [4.78, 5) is 11.2. The van der Waals surface area contributed by atoms with Crippen LogP contribution in [-0.4, -0.2) is 25.5 Å². The molecule has 13 heavy (non-hydrogen) atoms. The second-order valence-electron chi connectivity index (χ2n) is 4.21. The Labute approximate surface area is 79.3 Å². The highest BCUT2D eigenvalue weighted by molar-refractivity contribution is 5.80. The van der Waals surface area contributed by atoms with Crippen LogP contribution in [0.4, 0.5) is 0 Å². The van der Waals surface area contributed by atoms with Crippen LogP contribution in [0.15, 0.2) is 0 Å². The van der Waals surface area contributed by atoms with Crippen molar-refractivity contribution in [1.82, 2.24) is 10.6 Å². The molecular formula is C10H18N2O. The van der Waals surface area contributed by atoms with Gasteiger partial charge in [-0.2, -0.15) is 0 Å². The van der Waals surface area contributed by atoms with Gasteiger partial charge in [0.25, 0.3) is 0 Å². The predicted molar refractivity (Wildman–Crippen MR) is 51.3 cm³/mol. The molecule has 0 aromatic carbocycles. The smallest absolute Gasteiger partial charge is 0.223 e. The van der Waals surface area contributed by atoms with Crippen molar-refractivity contribution in [3.8, 4) is 0 Å². The van der Waals surface area contributed by atoms with Gasteiger partial charge in [0.05, 0.1) is 0 Å². The van der Waals surface area contributed by atoms with E-state index in [0.29, 0.717) is 5.92 Å². The second-order valence-corrected chi connectivity index (χ2v) is 4.21. The topological polar surface area (TPSA) is 41.1 Å². The maximum Gasteiger partial charge on any atom is 0.223 e. The molecule has 0 aliphatic heterocycles. The first kappa shape index (κ1) is 9.00. The zero-order valence-corrected chi connectivity index (χ0v) is 8.01. The molecule has 74 valence electrons. The summed E-state index contributed by atoms with van der Waals surface area (Å²) in [5.74, 6) is 1.54. The number of rotatable bonds is 6. The number of hydrogen-bond acceptors (Lipinski definition) is 2. The highest BCUT2D eigenvalue weighted by Gasteiger charge is 2.29. The van der Waals surface area contributed by atoms with Gasteiger partial charge in [0.2, 0.25) is 5.91 Å². The lowest BCUT2D eigenvalue weighted by molar-refractivity contribution is -0.122. The lowest BCUT2D eigenvalue weighted by Gasteiger charge is -2.05. The summed E-state index contributed by atoms with van der Waals surface area (Å²) in [6.45, 7) is 2.86. The lowest BCUT2D eigenvalue weighted by atomic mass is 10.4. The van der Waals surface area contributed by atoms with Crippen molar-refractivity contribution in [2.45, 2.75) is 25.7 Å². The Bertz CT molecular complexity index is 185. The van der Waals surface area contributed by atoms with E-state index in [4.69, 9.17) is 0 Å². The molecule has 2 rings (SSSR count). The van der Waals surface area contributed by atoms with Crippen LogP contribution in [0.25, 0.3) is 0 Å². The normalized spacial score (nSPS) is 21.5. The molecule has 3 heteroatoms. The van der Waals surface area contributed by atoms with E-state index in [2.05, 4.69) is 10.6 Å². The van der Waals surface area contributed by atoms with Crippen molar-refractivity contribution in [2.75, 3.05) is 19.6 Å². The Kier molecular flexibility index (Phi) is 2.83. The molecule has 1 amide bonds. The molecule has 2 aliphatic rings. The molecular weight excluding hydrogens is 164 g/mol. The summed E-state index contributed by atoms with van der Waals surface area (Å²) in [6, 6.07) is 0. The standard InChI is InChI=1S/C10H18N2O/c13-10(9-3-4-9)12-6-5-11-7-8-1-2-8/h8-9,11H,1-7H2,(H,12,13). The molecule has 0 atom stereocenters. The van der Waals surface area contributed by atoms with E-state index < -0.39 is 0 Å². The van der Waals surface area contributed by atoms with Crippen molar-refractivity contribution in [3.63, 3.8) is 0 Å². The van der Waals surface area contributed by atoms with E-state index in [-0.39, 0.29) is 5.91 Å². The van der Waals surface area contributed by atoms with Crippen molar-refractivity contribution in [1.29, 1.82) is 0 Å². The maximum atomic E-state index is 11.2. The zero-order chi connectivity index (χ0) is 9.10. The molecule has 0 unspecified atom stereocenters. The van der Waals surface area contributed by atoms with E-state index in [0.717, 1.165) is 38.4 Å². The monoisotopic (exact) mass is 182 g/mol. The fourth-order valence-corrected chi connectivity index (χ4v) is 1.39. The van der Waals surface area contributed by atoms with Crippen molar-refractivity contribution >= 4 is 5.91 Å². The first-order chi connectivity index (χ1) is 6.36. The molecule has 0 bridgehead atoms. The Balaban J connectivity index is 1.41. The van der Waals surface area contributed by atoms with Gasteiger partial charge in [-0.05, 0) is 38.1 Å². The number of carbonyl (C=O) groups excluding carboxylic acids is 1. The molecule has 3 nitrogen and oxygen atoms in total. The molecule has 2 fully saturated rings. The van der Waals surface area contributed by atoms with Gasteiger partial charge < -0.3 is 10.6 Å². The number of amides is 1. The van der Waals surface area contributed by atoms with Gasteiger partial charge in [0, 0.05) is 19.0 Å². The summed E-state index contributed by atoms with van der Waals surface area (Å²) in [6.07, 6.45) is 4.98. The third-order valence-corrected chi connectivity index (χ3v) is 2.68. The summed E-state index contributed by atoms with van der Waals surface area (Å²) >= 11 is 0. The van der Waals surface area contributed by atoms with Crippen molar-refractivity contribution < 1.29 is 4.79 Å². The largest absolute Gasteiger partial charge is 0.355 e. The highest BCUT2D eigenvalue weighted by atomic mass is 16.2. The van der Waals surface area contributed by atoms with Gasteiger partial charge in [-0.25, -0.2) is 0 Å². The Hall–Kier alpha value is -0.570. The molecule has 2 aliphatic carbocycles. The van der Waals surface area contributed by atoms with E-state index in [1.165, 1.54) is 12.8 Å². The summed E-state index contributed by atoms with van der Waals surface area (Å²) < 4.78 is 0. The molecule has 2 saturated carbocycles. The first-order valence-electron chi connectivity index (χ1n) is 5.34. The molecule has 0 aromatic heterocycles. The van der Waals surface area contributed by atoms with Gasteiger partial charge in [0.15, 0.2) is 0 Å². The van der Waals surface area contributed by atoms with Crippen LogP contribution in [-0.2, 0) is 4.79 Å². The molecule has 0 saturated heterocycles. The van der Waals surface area contributed by atoms with Crippen LogP contribution in [0.3, 0.4) is 0 Å².